The lowest BCUT2D eigenvalue weighted by molar-refractivity contribution is -0.137. The van der Waals surface area contributed by atoms with Gasteiger partial charge < -0.3 is 14.8 Å². The van der Waals surface area contributed by atoms with Gasteiger partial charge in [0, 0.05) is 15.6 Å². The predicted molar refractivity (Wildman–Crippen MR) is 119 cm³/mol. The summed E-state index contributed by atoms with van der Waals surface area (Å²) in [5.41, 5.74) is 3.01. The van der Waals surface area contributed by atoms with Crippen LogP contribution >= 0.6 is 22.9 Å². The zero-order valence-electron chi connectivity index (χ0n) is 16.5. The van der Waals surface area contributed by atoms with Gasteiger partial charge in [-0.15, -0.1) is 11.3 Å². The van der Waals surface area contributed by atoms with Gasteiger partial charge in [0.1, 0.15) is 5.70 Å². The number of amides is 2. The molecule has 2 aliphatic heterocycles. The summed E-state index contributed by atoms with van der Waals surface area (Å²) in [7, 11) is 0. The van der Waals surface area contributed by atoms with Gasteiger partial charge in [-0.3, -0.25) is 14.5 Å². The Balaban J connectivity index is 1.49. The molecular weight excluding hydrogens is 436 g/mol. The van der Waals surface area contributed by atoms with Crippen LogP contribution in [0.25, 0.3) is 5.57 Å². The number of nitrogens with zero attached hydrogens (tertiary/aromatic N) is 1. The molecule has 31 heavy (non-hydrogen) atoms. The number of anilines is 1. The van der Waals surface area contributed by atoms with Crippen LogP contribution in [0.2, 0.25) is 5.02 Å². The molecule has 2 amide bonds. The van der Waals surface area contributed by atoms with Crippen LogP contribution in [0.15, 0.2) is 59.6 Å². The molecule has 0 radical (unpaired) electrons. The van der Waals surface area contributed by atoms with Crippen LogP contribution < -0.4 is 14.8 Å². The SMILES string of the molecule is Cc1cc(Cl)ccc1NC1=C(c2cccs2)C(=O)N(Cc2ccc3c(c2)OCO3)C1=O. The van der Waals surface area contributed by atoms with Crippen LogP contribution in [-0.4, -0.2) is 23.5 Å². The number of carbonyl (C=O) groups is 2. The highest BCUT2D eigenvalue weighted by Crippen LogP contribution is 2.36. The summed E-state index contributed by atoms with van der Waals surface area (Å²) >= 11 is 7.48. The van der Waals surface area contributed by atoms with Crippen molar-refractivity contribution in [3.05, 3.63) is 80.6 Å². The molecule has 5 rings (SSSR count). The van der Waals surface area contributed by atoms with E-state index in [2.05, 4.69) is 5.32 Å². The largest absolute Gasteiger partial charge is 0.454 e. The van der Waals surface area contributed by atoms with E-state index < -0.39 is 0 Å². The first-order valence-electron chi connectivity index (χ1n) is 9.57. The van der Waals surface area contributed by atoms with Gasteiger partial charge in [0.15, 0.2) is 11.5 Å². The number of hydrogen-bond acceptors (Lipinski definition) is 6. The first kappa shape index (κ1) is 19.7. The van der Waals surface area contributed by atoms with Gasteiger partial charge in [-0.2, -0.15) is 0 Å². The van der Waals surface area contributed by atoms with Crippen molar-refractivity contribution in [1.82, 2.24) is 4.90 Å². The normalized spacial score (nSPS) is 15.2. The van der Waals surface area contributed by atoms with Crippen molar-refractivity contribution in [1.29, 1.82) is 0 Å². The number of carbonyl (C=O) groups excluding carboxylic acids is 2. The Bertz CT molecular complexity index is 1240. The Morgan fingerprint density at radius 3 is 2.68 bits per heavy atom. The number of thiophene rings is 1. The fourth-order valence-corrected chi connectivity index (χ4v) is 4.60. The highest BCUT2D eigenvalue weighted by atomic mass is 35.5. The lowest BCUT2D eigenvalue weighted by Gasteiger charge is -2.16. The molecule has 1 N–H and O–H groups in total. The minimum absolute atomic E-state index is 0.133. The van der Waals surface area contributed by atoms with Crippen molar-refractivity contribution >= 4 is 46.0 Å². The lowest BCUT2D eigenvalue weighted by Crippen LogP contribution is -2.32. The van der Waals surface area contributed by atoms with Gasteiger partial charge in [-0.1, -0.05) is 23.7 Å². The number of nitrogens with one attached hydrogen (secondary N) is 1. The average Bonchev–Trinajstić information content (AvgIpc) is 3.47. The zero-order chi connectivity index (χ0) is 21.5. The van der Waals surface area contributed by atoms with Crippen molar-refractivity contribution in [2.24, 2.45) is 0 Å². The Morgan fingerprint density at radius 2 is 1.90 bits per heavy atom. The topological polar surface area (TPSA) is 67.9 Å². The van der Waals surface area contributed by atoms with E-state index in [1.807, 2.05) is 30.5 Å². The predicted octanol–water partition coefficient (Wildman–Crippen LogP) is 4.83. The van der Waals surface area contributed by atoms with E-state index in [4.69, 9.17) is 21.1 Å². The first-order valence-corrected chi connectivity index (χ1v) is 10.8. The maximum absolute atomic E-state index is 13.3. The third-order valence-electron chi connectivity index (χ3n) is 5.16. The minimum Gasteiger partial charge on any atom is -0.454 e. The van der Waals surface area contributed by atoms with Crippen LogP contribution in [0, 0.1) is 6.92 Å². The molecule has 0 aliphatic carbocycles. The van der Waals surface area contributed by atoms with Crippen LogP contribution in [-0.2, 0) is 16.1 Å². The van der Waals surface area contributed by atoms with Crippen molar-refractivity contribution in [3.8, 4) is 11.5 Å². The Kier molecular flexibility index (Phi) is 4.92. The second-order valence-electron chi connectivity index (χ2n) is 7.20. The quantitative estimate of drug-likeness (QED) is 0.561. The van der Waals surface area contributed by atoms with Crippen molar-refractivity contribution in [3.63, 3.8) is 0 Å². The number of halogens is 1. The number of fused-ring (bicyclic) bond motifs is 1. The van der Waals surface area contributed by atoms with E-state index in [0.717, 1.165) is 21.7 Å². The molecule has 6 nitrogen and oxygen atoms in total. The third-order valence-corrected chi connectivity index (χ3v) is 6.28. The standard InChI is InChI=1S/C23H17ClN2O4S/c1-13-9-15(24)5-6-16(13)25-21-20(19-3-2-8-31-19)22(27)26(23(21)28)11-14-4-7-17-18(10-14)30-12-29-17/h2-10,25H,11-12H2,1H3. The maximum atomic E-state index is 13.3. The number of ether oxygens (including phenoxy) is 2. The molecule has 3 aromatic rings. The van der Waals surface area contributed by atoms with Gasteiger partial charge in [0.2, 0.25) is 6.79 Å². The Labute approximate surface area is 187 Å². The van der Waals surface area contributed by atoms with Crippen LogP contribution in [0.4, 0.5) is 5.69 Å². The molecule has 3 heterocycles. The van der Waals surface area contributed by atoms with Crippen molar-refractivity contribution < 1.29 is 19.1 Å². The van der Waals surface area contributed by atoms with Gasteiger partial charge in [-0.05, 0) is 59.8 Å². The van der Waals surface area contributed by atoms with Gasteiger partial charge in [0.05, 0.1) is 12.1 Å². The highest BCUT2D eigenvalue weighted by molar-refractivity contribution is 7.11. The number of imide groups is 1. The molecule has 1 aromatic heterocycles. The van der Waals surface area contributed by atoms with E-state index in [1.165, 1.54) is 16.2 Å². The second kappa shape index (κ2) is 7.76. The molecule has 0 fully saturated rings. The summed E-state index contributed by atoms with van der Waals surface area (Å²) in [5.74, 6) is 0.554. The van der Waals surface area contributed by atoms with Crippen LogP contribution in [0.3, 0.4) is 0 Å². The second-order valence-corrected chi connectivity index (χ2v) is 8.58. The molecular formula is C23H17ClN2O4S. The smallest absolute Gasteiger partial charge is 0.278 e. The molecule has 0 bridgehead atoms. The molecule has 0 saturated heterocycles. The molecule has 2 aromatic carbocycles. The first-order chi connectivity index (χ1) is 15.0. The molecule has 0 saturated carbocycles. The van der Waals surface area contributed by atoms with E-state index >= 15 is 0 Å². The van der Waals surface area contributed by atoms with Crippen LogP contribution in [0.5, 0.6) is 11.5 Å². The third kappa shape index (κ3) is 3.56. The monoisotopic (exact) mass is 452 g/mol. The highest BCUT2D eigenvalue weighted by Gasteiger charge is 2.40. The molecule has 0 atom stereocenters. The summed E-state index contributed by atoms with van der Waals surface area (Å²) in [5, 5.41) is 5.67. The van der Waals surface area contributed by atoms with E-state index in [0.29, 0.717) is 22.1 Å². The van der Waals surface area contributed by atoms with Crippen molar-refractivity contribution in [2.75, 3.05) is 12.1 Å². The van der Waals surface area contributed by atoms with E-state index in [9.17, 15) is 9.59 Å². The number of hydrogen-bond donors (Lipinski definition) is 1. The molecule has 0 unspecified atom stereocenters. The zero-order valence-corrected chi connectivity index (χ0v) is 18.0. The summed E-state index contributed by atoms with van der Waals surface area (Å²) in [4.78, 5) is 28.7. The Morgan fingerprint density at radius 1 is 1.06 bits per heavy atom. The fourth-order valence-electron chi connectivity index (χ4n) is 3.61. The summed E-state index contributed by atoms with van der Waals surface area (Å²) in [6, 6.07) is 14.5. The molecule has 8 heteroatoms. The lowest BCUT2D eigenvalue weighted by atomic mass is 10.1. The maximum Gasteiger partial charge on any atom is 0.278 e. The number of aryl methyl sites for hydroxylation is 1. The summed E-state index contributed by atoms with van der Waals surface area (Å²) in [6.45, 7) is 2.19. The minimum atomic E-state index is -0.375. The Hall–Kier alpha value is -3.29. The van der Waals surface area contributed by atoms with Crippen molar-refractivity contribution in [2.45, 2.75) is 13.5 Å². The summed E-state index contributed by atoms with van der Waals surface area (Å²) < 4.78 is 10.8. The van der Waals surface area contributed by atoms with E-state index in [-0.39, 0.29) is 30.8 Å². The molecule has 0 spiro atoms. The van der Waals surface area contributed by atoms with Crippen LogP contribution in [0.1, 0.15) is 16.0 Å². The average molecular weight is 453 g/mol. The van der Waals surface area contributed by atoms with E-state index in [1.54, 1.807) is 30.3 Å². The van der Waals surface area contributed by atoms with Gasteiger partial charge in [-0.25, -0.2) is 0 Å². The van der Waals surface area contributed by atoms with Gasteiger partial charge in [0.25, 0.3) is 11.8 Å². The van der Waals surface area contributed by atoms with Gasteiger partial charge >= 0.3 is 0 Å². The fraction of sp³-hybridized carbons (Fsp3) is 0.130. The number of benzene rings is 2. The molecule has 2 aliphatic rings. The molecule has 156 valence electrons. The number of rotatable bonds is 5. The summed E-state index contributed by atoms with van der Waals surface area (Å²) in [6.07, 6.45) is 0.